The van der Waals surface area contributed by atoms with E-state index in [4.69, 9.17) is 10.1 Å². The Morgan fingerprint density at radius 1 is 1.29 bits per heavy atom. The zero-order chi connectivity index (χ0) is 22.5. The van der Waals surface area contributed by atoms with Gasteiger partial charge in [-0.2, -0.15) is 5.10 Å². The fraction of sp³-hybridized carbons (Fsp3) is 0.435. The van der Waals surface area contributed by atoms with E-state index in [-0.39, 0.29) is 23.7 Å². The Morgan fingerprint density at radius 2 is 2.00 bits per heavy atom. The number of rotatable bonds is 5. The van der Waals surface area contributed by atoms with Gasteiger partial charge in [-0.25, -0.2) is 9.67 Å². The maximum atomic E-state index is 13.5. The number of nitro benzene ring substituents is 1. The molecule has 2 heterocycles. The van der Waals surface area contributed by atoms with E-state index in [0.717, 1.165) is 35.3 Å². The summed E-state index contributed by atoms with van der Waals surface area (Å²) in [5.74, 6) is 0.249. The first kappa shape index (κ1) is 21.0. The highest BCUT2D eigenvalue weighted by molar-refractivity contribution is 6.06. The molecule has 31 heavy (non-hydrogen) atoms. The Labute approximate surface area is 181 Å². The second-order valence-corrected chi connectivity index (χ2v) is 9.32. The molecule has 8 heteroatoms. The van der Waals surface area contributed by atoms with Gasteiger partial charge in [0, 0.05) is 37.3 Å². The predicted octanol–water partition coefficient (Wildman–Crippen LogP) is 4.55. The van der Waals surface area contributed by atoms with Gasteiger partial charge in [0.05, 0.1) is 27.1 Å². The summed E-state index contributed by atoms with van der Waals surface area (Å²) in [6.07, 6.45) is 2.16. The summed E-state index contributed by atoms with van der Waals surface area (Å²) in [5.41, 5.74) is 3.49. The number of carbonyl (C=O) groups excluding carboxylic acids is 1. The van der Waals surface area contributed by atoms with Crippen LogP contribution in [0, 0.1) is 17.0 Å². The third kappa shape index (κ3) is 4.02. The average Bonchev–Trinajstić information content (AvgIpc) is 3.50. The van der Waals surface area contributed by atoms with Crippen LogP contribution in [0.5, 0.6) is 0 Å². The van der Waals surface area contributed by atoms with E-state index in [1.165, 1.54) is 12.1 Å². The van der Waals surface area contributed by atoms with E-state index in [2.05, 4.69) is 20.8 Å². The summed E-state index contributed by atoms with van der Waals surface area (Å²) < 4.78 is 1.90. The molecular weight excluding hydrogens is 394 g/mol. The lowest BCUT2D eigenvalue weighted by atomic mass is 10.1. The maximum absolute atomic E-state index is 13.5. The molecule has 0 saturated heterocycles. The molecule has 0 unspecified atom stereocenters. The Balaban J connectivity index is 1.76. The van der Waals surface area contributed by atoms with Crippen LogP contribution in [0.15, 0.2) is 30.3 Å². The number of amides is 1. The third-order valence-electron chi connectivity index (χ3n) is 5.58. The molecule has 1 fully saturated rings. The van der Waals surface area contributed by atoms with Crippen LogP contribution in [-0.2, 0) is 12.1 Å². The van der Waals surface area contributed by atoms with Crippen molar-refractivity contribution in [1.82, 2.24) is 19.7 Å². The fourth-order valence-corrected chi connectivity index (χ4v) is 3.85. The summed E-state index contributed by atoms with van der Waals surface area (Å²) >= 11 is 0. The quantitative estimate of drug-likeness (QED) is 0.445. The Morgan fingerprint density at radius 3 is 2.61 bits per heavy atom. The molecule has 162 valence electrons. The molecule has 0 atom stereocenters. The summed E-state index contributed by atoms with van der Waals surface area (Å²) in [6, 6.07) is 8.29. The topological polar surface area (TPSA) is 94.2 Å². The number of aromatic nitrogens is 3. The number of aryl methyl sites for hydroxylation is 1. The van der Waals surface area contributed by atoms with Crippen molar-refractivity contribution in [2.45, 2.75) is 58.5 Å². The molecule has 0 spiro atoms. The summed E-state index contributed by atoms with van der Waals surface area (Å²) in [7, 11) is 1.72. The average molecular weight is 422 g/mol. The summed E-state index contributed by atoms with van der Waals surface area (Å²) in [6.45, 7) is 8.39. The van der Waals surface area contributed by atoms with Crippen molar-refractivity contribution in [3.8, 4) is 0 Å². The largest absolute Gasteiger partial charge is 0.337 e. The van der Waals surface area contributed by atoms with Crippen molar-refractivity contribution < 1.29 is 9.72 Å². The van der Waals surface area contributed by atoms with Crippen LogP contribution < -0.4 is 0 Å². The molecular formula is C23H27N5O3. The van der Waals surface area contributed by atoms with Crippen LogP contribution in [0.3, 0.4) is 0 Å². The first-order valence-electron chi connectivity index (χ1n) is 10.5. The van der Waals surface area contributed by atoms with E-state index in [9.17, 15) is 14.9 Å². The predicted molar refractivity (Wildman–Crippen MR) is 118 cm³/mol. The van der Waals surface area contributed by atoms with Crippen molar-refractivity contribution >= 4 is 22.6 Å². The van der Waals surface area contributed by atoms with E-state index >= 15 is 0 Å². The highest BCUT2D eigenvalue weighted by Crippen LogP contribution is 2.41. The minimum absolute atomic E-state index is 0.0166. The molecule has 1 aromatic carbocycles. The first-order chi connectivity index (χ1) is 14.6. The number of hydrogen-bond donors (Lipinski definition) is 0. The Bertz CT molecular complexity index is 1190. The van der Waals surface area contributed by atoms with Gasteiger partial charge < -0.3 is 4.90 Å². The molecule has 1 aliphatic rings. The lowest BCUT2D eigenvalue weighted by molar-refractivity contribution is -0.384. The number of hydrogen-bond acceptors (Lipinski definition) is 5. The zero-order valence-corrected chi connectivity index (χ0v) is 18.5. The Kier molecular flexibility index (Phi) is 5.03. The SMILES string of the molecule is Cc1nn(C(C)(C)C)c2nc(C3CC3)cc(C(=O)N(C)Cc3cccc([N+](=O)[O-])c3)c12. The molecule has 0 N–H and O–H groups in total. The van der Waals surface area contributed by atoms with Crippen LogP contribution in [0.4, 0.5) is 5.69 Å². The minimum atomic E-state index is -0.427. The van der Waals surface area contributed by atoms with Crippen molar-refractivity contribution in [2.75, 3.05) is 7.05 Å². The van der Waals surface area contributed by atoms with Crippen LogP contribution >= 0.6 is 0 Å². The fourth-order valence-electron chi connectivity index (χ4n) is 3.85. The molecule has 1 aliphatic carbocycles. The molecule has 0 aliphatic heterocycles. The first-order valence-corrected chi connectivity index (χ1v) is 10.5. The van der Waals surface area contributed by atoms with Crippen molar-refractivity contribution in [1.29, 1.82) is 0 Å². The van der Waals surface area contributed by atoms with Crippen LogP contribution in [0.25, 0.3) is 11.0 Å². The molecule has 4 rings (SSSR count). The summed E-state index contributed by atoms with van der Waals surface area (Å²) in [5, 5.41) is 16.6. The number of pyridine rings is 1. The van der Waals surface area contributed by atoms with Crippen molar-refractivity contribution in [3.05, 3.63) is 63.0 Å². The van der Waals surface area contributed by atoms with Crippen molar-refractivity contribution in [3.63, 3.8) is 0 Å². The third-order valence-corrected chi connectivity index (χ3v) is 5.58. The minimum Gasteiger partial charge on any atom is -0.337 e. The highest BCUT2D eigenvalue weighted by atomic mass is 16.6. The lowest BCUT2D eigenvalue weighted by Gasteiger charge is -2.21. The van der Waals surface area contributed by atoms with Crippen LogP contribution in [0.1, 0.15) is 66.8 Å². The van der Waals surface area contributed by atoms with Gasteiger partial charge in [-0.1, -0.05) is 12.1 Å². The number of nitro groups is 1. The van der Waals surface area contributed by atoms with Gasteiger partial charge in [0.25, 0.3) is 11.6 Å². The van der Waals surface area contributed by atoms with Gasteiger partial charge >= 0.3 is 0 Å². The summed E-state index contributed by atoms with van der Waals surface area (Å²) in [4.78, 5) is 30.7. The second kappa shape index (κ2) is 7.44. The zero-order valence-electron chi connectivity index (χ0n) is 18.5. The standard InChI is InChI=1S/C23H27N5O3/c1-14-20-18(22(29)26(5)13-15-7-6-8-17(11-15)28(30)31)12-19(16-9-10-16)24-21(20)27(25-14)23(2,3)4/h6-8,11-12,16H,9-10,13H2,1-5H3. The number of carbonyl (C=O) groups is 1. The number of fused-ring (bicyclic) bond motifs is 1. The molecule has 1 saturated carbocycles. The van der Waals surface area contributed by atoms with E-state index in [1.54, 1.807) is 24.1 Å². The normalized spacial score (nSPS) is 14.1. The smallest absolute Gasteiger partial charge is 0.269 e. The van der Waals surface area contributed by atoms with Crippen LogP contribution in [0.2, 0.25) is 0 Å². The lowest BCUT2D eigenvalue weighted by Crippen LogP contribution is -2.27. The van der Waals surface area contributed by atoms with Gasteiger partial charge in [0.15, 0.2) is 5.65 Å². The molecule has 8 nitrogen and oxygen atoms in total. The number of non-ortho nitro benzene ring substituents is 1. The highest BCUT2D eigenvalue weighted by Gasteiger charge is 2.31. The van der Waals surface area contributed by atoms with E-state index in [0.29, 0.717) is 17.0 Å². The van der Waals surface area contributed by atoms with Gasteiger partial charge in [0.2, 0.25) is 0 Å². The number of nitrogens with zero attached hydrogens (tertiary/aromatic N) is 5. The van der Waals surface area contributed by atoms with Gasteiger partial charge in [0.1, 0.15) is 0 Å². The number of benzene rings is 1. The van der Waals surface area contributed by atoms with Crippen LogP contribution in [-0.4, -0.2) is 37.5 Å². The molecule has 0 bridgehead atoms. The molecule has 0 radical (unpaired) electrons. The van der Waals surface area contributed by atoms with Gasteiger partial charge in [-0.15, -0.1) is 0 Å². The Hall–Kier alpha value is -3.29. The van der Waals surface area contributed by atoms with Crippen molar-refractivity contribution in [2.24, 2.45) is 0 Å². The van der Waals surface area contributed by atoms with Gasteiger partial charge in [-0.05, 0) is 52.2 Å². The molecule has 1 amide bonds. The molecule has 2 aromatic heterocycles. The van der Waals surface area contributed by atoms with Gasteiger partial charge in [-0.3, -0.25) is 14.9 Å². The molecule has 3 aromatic rings. The van der Waals surface area contributed by atoms with E-state index in [1.807, 2.05) is 17.7 Å². The van der Waals surface area contributed by atoms with E-state index < -0.39 is 4.92 Å². The maximum Gasteiger partial charge on any atom is 0.269 e. The monoisotopic (exact) mass is 421 g/mol. The second-order valence-electron chi connectivity index (χ2n) is 9.32.